The Hall–Kier alpha value is -0.990. The summed E-state index contributed by atoms with van der Waals surface area (Å²) in [5.74, 6) is 1.01. The number of nitrogens with zero attached hydrogens (tertiary/aromatic N) is 1. The van der Waals surface area contributed by atoms with Crippen molar-refractivity contribution in [3.63, 3.8) is 0 Å². The Bertz CT molecular complexity index is 284. The molecule has 0 saturated heterocycles. The summed E-state index contributed by atoms with van der Waals surface area (Å²) >= 11 is 0. The minimum absolute atomic E-state index is 0.0243. The summed E-state index contributed by atoms with van der Waals surface area (Å²) in [6, 6.07) is 0. The molecule has 1 aromatic heterocycles. The van der Waals surface area contributed by atoms with Gasteiger partial charge in [0.1, 0.15) is 5.82 Å². The maximum Gasteiger partial charge on any atom is 0.232 e. The van der Waals surface area contributed by atoms with E-state index < -0.39 is 0 Å². The first-order valence-electron chi connectivity index (χ1n) is 4.73. The highest BCUT2D eigenvalue weighted by molar-refractivity contribution is 5.22. The zero-order valence-electron chi connectivity index (χ0n) is 8.81. The van der Waals surface area contributed by atoms with Crippen LogP contribution in [0.25, 0.3) is 0 Å². The van der Waals surface area contributed by atoms with Crippen molar-refractivity contribution in [2.24, 2.45) is 0 Å². The first-order valence-corrected chi connectivity index (χ1v) is 4.73. The summed E-state index contributed by atoms with van der Waals surface area (Å²) in [5, 5.41) is 9.48. The Morgan fingerprint density at radius 2 is 2.00 bits per heavy atom. The molecule has 0 aliphatic rings. The van der Waals surface area contributed by atoms with Crippen molar-refractivity contribution in [1.29, 1.82) is 0 Å². The lowest BCUT2D eigenvalue weighted by molar-refractivity contribution is 0.444. The average molecular weight is 182 g/mol. The molecule has 0 aliphatic carbocycles. The van der Waals surface area contributed by atoms with E-state index in [1.807, 2.05) is 0 Å². The van der Waals surface area contributed by atoms with E-state index >= 15 is 0 Å². The second kappa shape index (κ2) is 3.40. The minimum atomic E-state index is -0.0243. The SMILES string of the molecule is CCCc1[nH]c(C(C)(C)C)nc1O. The van der Waals surface area contributed by atoms with Crippen LogP contribution in [-0.2, 0) is 11.8 Å². The summed E-state index contributed by atoms with van der Waals surface area (Å²) in [6.45, 7) is 8.29. The molecule has 3 heteroatoms. The maximum absolute atomic E-state index is 9.48. The van der Waals surface area contributed by atoms with Crippen molar-refractivity contribution >= 4 is 0 Å². The van der Waals surface area contributed by atoms with E-state index in [-0.39, 0.29) is 11.3 Å². The van der Waals surface area contributed by atoms with Crippen LogP contribution in [0.4, 0.5) is 0 Å². The fraction of sp³-hybridized carbons (Fsp3) is 0.700. The highest BCUT2D eigenvalue weighted by Crippen LogP contribution is 2.24. The molecule has 0 aromatic carbocycles. The molecule has 1 rings (SSSR count). The van der Waals surface area contributed by atoms with Crippen molar-refractivity contribution in [2.45, 2.75) is 46.0 Å². The zero-order valence-corrected chi connectivity index (χ0v) is 8.81. The van der Waals surface area contributed by atoms with Crippen LogP contribution in [0.15, 0.2) is 0 Å². The third kappa shape index (κ3) is 2.23. The van der Waals surface area contributed by atoms with E-state index in [0.29, 0.717) is 0 Å². The number of imidazole rings is 1. The summed E-state index contributed by atoms with van der Waals surface area (Å²) in [5.41, 5.74) is 0.830. The van der Waals surface area contributed by atoms with Crippen molar-refractivity contribution in [2.75, 3.05) is 0 Å². The predicted octanol–water partition coefficient (Wildman–Crippen LogP) is 2.37. The Morgan fingerprint density at radius 3 is 2.38 bits per heavy atom. The lowest BCUT2D eigenvalue weighted by atomic mass is 9.96. The molecule has 3 nitrogen and oxygen atoms in total. The number of aromatic amines is 1. The molecule has 74 valence electrons. The molecule has 0 fully saturated rings. The zero-order chi connectivity index (χ0) is 10.1. The Morgan fingerprint density at radius 1 is 1.38 bits per heavy atom. The predicted molar refractivity (Wildman–Crippen MR) is 52.9 cm³/mol. The van der Waals surface area contributed by atoms with Crippen LogP contribution in [0.1, 0.15) is 45.6 Å². The van der Waals surface area contributed by atoms with E-state index in [1.165, 1.54) is 0 Å². The van der Waals surface area contributed by atoms with Gasteiger partial charge >= 0.3 is 0 Å². The van der Waals surface area contributed by atoms with Gasteiger partial charge in [-0.15, -0.1) is 0 Å². The van der Waals surface area contributed by atoms with Gasteiger partial charge in [-0.3, -0.25) is 0 Å². The van der Waals surface area contributed by atoms with E-state index in [1.54, 1.807) is 0 Å². The summed E-state index contributed by atoms with van der Waals surface area (Å²) < 4.78 is 0. The van der Waals surface area contributed by atoms with Gasteiger partial charge in [0, 0.05) is 5.41 Å². The van der Waals surface area contributed by atoms with E-state index in [4.69, 9.17) is 0 Å². The number of aryl methyl sites for hydroxylation is 1. The molecule has 0 bridgehead atoms. The van der Waals surface area contributed by atoms with E-state index in [9.17, 15) is 5.11 Å². The first-order chi connectivity index (χ1) is 5.95. The molecule has 0 radical (unpaired) electrons. The van der Waals surface area contributed by atoms with Crippen LogP contribution in [0, 0.1) is 0 Å². The number of H-pyrrole nitrogens is 1. The molecular formula is C10H18N2O. The topological polar surface area (TPSA) is 48.9 Å². The molecule has 0 unspecified atom stereocenters. The summed E-state index contributed by atoms with van der Waals surface area (Å²) in [6.07, 6.45) is 1.87. The van der Waals surface area contributed by atoms with Crippen molar-refractivity contribution < 1.29 is 5.11 Å². The third-order valence-electron chi connectivity index (χ3n) is 1.97. The molecular weight excluding hydrogens is 164 g/mol. The fourth-order valence-corrected chi connectivity index (χ4v) is 1.18. The van der Waals surface area contributed by atoms with Crippen LogP contribution in [0.3, 0.4) is 0 Å². The highest BCUT2D eigenvalue weighted by atomic mass is 16.3. The number of aromatic hydroxyl groups is 1. The van der Waals surface area contributed by atoms with Crippen molar-refractivity contribution in [1.82, 2.24) is 9.97 Å². The van der Waals surface area contributed by atoms with Crippen LogP contribution in [-0.4, -0.2) is 15.1 Å². The van der Waals surface area contributed by atoms with E-state index in [2.05, 4.69) is 37.7 Å². The number of nitrogens with one attached hydrogen (secondary N) is 1. The monoisotopic (exact) mass is 182 g/mol. The largest absolute Gasteiger partial charge is 0.492 e. The molecule has 1 heterocycles. The Balaban J connectivity index is 2.95. The number of hydrogen-bond donors (Lipinski definition) is 2. The standard InChI is InChI=1S/C10H18N2O/c1-5-6-7-8(13)12-9(11-7)10(2,3)4/h13H,5-6H2,1-4H3,(H,11,12). The van der Waals surface area contributed by atoms with Gasteiger partial charge in [0.15, 0.2) is 0 Å². The van der Waals surface area contributed by atoms with Crippen molar-refractivity contribution in [3.8, 4) is 5.88 Å². The molecule has 0 saturated carbocycles. The lowest BCUT2D eigenvalue weighted by Gasteiger charge is -2.13. The fourth-order valence-electron chi connectivity index (χ4n) is 1.18. The van der Waals surface area contributed by atoms with Crippen LogP contribution in [0.2, 0.25) is 0 Å². The normalized spacial score (nSPS) is 12.0. The smallest absolute Gasteiger partial charge is 0.232 e. The van der Waals surface area contributed by atoms with Gasteiger partial charge in [-0.25, -0.2) is 0 Å². The third-order valence-corrected chi connectivity index (χ3v) is 1.97. The summed E-state index contributed by atoms with van der Waals surface area (Å²) in [4.78, 5) is 7.26. The van der Waals surface area contributed by atoms with Crippen LogP contribution < -0.4 is 0 Å². The highest BCUT2D eigenvalue weighted by Gasteiger charge is 2.20. The minimum Gasteiger partial charge on any atom is -0.492 e. The van der Waals surface area contributed by atoms with Gasteiger partial charge in [-0.05, 0) is 6.42 Å². The van der Waals surface area contributed by atoms with Gasteiger partial charge < -0.3 is 10.1 Å². The molecule has 0 atom stereocenters. The van der Waals surface area contributed by atoms with Gasteiger partial charge in [0.05, 0.1) is 5.69 Å². The number of rotatable bonds is 2. The molecule has 0 amide bonds. The van der Waals surface area contributed by atoms with Gasteiger partial charge in [-0.2, -0.15) is 4.98 Å². The molecule has 13 heavy (non-hydrogen) atoms. The van der Waals surface area contributed by atoms with E-state index in [0.717, 1.165) is 24.4 Å². The number of aromatic nitrogens is 2. The molecule has 1 aromatic rings. The average Bonchev–Trinajstić information content (AvgIpc) is 2.32. The lowest BCUT2D eigenvalue weighted by Crippen LogP contribution is -2.13. The van der Waals surface area contributed by atoms with Crippen LogP contribution in [0.5, 0.6) is 5.88 Å². The Kier molecular flexibility index (Phi) is 2.64. The molecule has 2 N–H and O–H groups in total. The maximum atomic E-state index is 9.48. The van der Waals surface area contributed by atoms with Crippen LogP contribution >= 0.6 is 0 Å². The van der Waals surface area contributed by atoms with Gasteiger partial charge in [-0.1, -0.05) is 34.1 Å². The van der Waals surface area contributed by atoms with Gasteiger partial charge in [0.2, 0.25) is 5.88 Å². The van der Waals surface area contributed by atoms with Gasteiger partial charge in [0.25, 0.3) is 0 Å². The number of hydrogen-bond acceptors (Lipinski definition) is 2. The molecule has 0 aliphatic heterocycles. The first kappa shape index (κ1) is 10.1. The quantitative estimate of drug-likeness (QED) is 0.737. The summed E-state index contributed by atoms with van der Waals surface area (Å²) in [7, 11) is 0. The Labute approximate surface area is 79.2 Å². The molecule has 0 spiro atoms. The second-order valence-corrected chi connectivity index (χ2v) is 4.39. The van der Waals surface area contributed by atoms with Crippen molar-refractivity contribution in [3.05, 3.63) is 11.5 Å². The second-order valence-electron chi connectivity index (χ2n) is 4.39.